The third-order valence-corrected chi connectivity index (χ3v) is 7.96. The fraction of sp³-hybridized carbons (Fsp3) is 0.360. The zero-order valence-corrected chi connectivity index (χ0v) is 22.3. The molecule has 3 heterocycles. The third-order valence-electron chi connectivity index (χ3n) is 7.96. The molecule has 2 aromatic carbocycles. The first-order chi connectivity index (χ1) is 18.2. The highest BCUT2D eigenvalue weighted by atomic mass is 16.5. The average molecular weight is 511 g/mol. The molecular formula is C25H29B4N3O6. The van der Waals surface area contributed by atoms with Crippen LogP contribution in [0.4, 0.5) is 0 Å². The second kappa shape index (κ2) is 10.4. The van der Waals surface area contributed by atoms with Gasteiger partial charge < -0.3 is 19.3 Å². The molecule has 1 N–H and O–H groups in total. The standard InChI is InChI=1S/C25H29B4N3O6/c26-15-8-12(9-31-6-7-37-11-19(31)34)21(27)22(28)20(15)23(29)38-17-3-1-2-13-14(17)10-32(25(13)36)16-4-5-18(33)30-24(16)35/h1-3,8,16,23H,4-7,9-11,26-29H2,(H,30,33,35). The number of ether oxygens (including phenoxy) is 2. The van der Waals surface area contributed by atoms with Crippen LogP contribution in [-0.2, 0) is 32.2 Å². The molecule has 2 atom stereocenters. The van der Waals surface area contributed by atoms with Crippen LogP contribution in [0.2, 0.25) is 0 Å². The van der Waals surface area contributed by atoms with Crippen LogP contribution >= 0.6 is 0 Å². The van der Waals surface area contributed by atoms with Crippen molar-refractivity contribution in [3.63, 3.8) is 0 Å². The molecule has 192 valence electrons. The molecule has 5 rings (SSSR count). The summed E-state index contributed by atoms with van der Waals surface area (Å²) in [4.78, 5) is 52.8. The van der Waals surface area contributed by atoms with Gasteiger partial charge in [0.25, 0.3) is 5.91 Å². The van der Waals surface area contributed by atoms with Gasteiger partial charge in [-0.3, -0.25) is 24.5 Å². The number of benzene rings is 2. The highest BCUT2D eigenvalue weighted by molar-refractivity contribution is 6.52. The van der Waals surface area contributed by atoms with Crippen molar-refractivity contribution in [3.8, 4) is 5.75 Å². The van der Waals surface area contributed by atoms with E-state index in [1.807, 2.05) is 18.8 Å². The summed E-state index contributed by atoms with van der Waals surface area (Å²) < 4.78 is 11.7. The Labute approximate surface area is 225 Å². The number of imide groups is 1. The smallest absolute Gasteiger partial charge is 0.255 e. The van der Waals surface area contributed by atoms with Gasteiger partial charge in [0.05, 0.1) is 19.2 Å². The minimum absolute atomic E-state index is 0.00515. The third kappa shape index (κ3) is 4.75. The fourth-order valence-electron chi connectivity index (χ4n) is 5.82. The lowest BCUT2D eigenvalue weighted by Crippen LogP contribution is -2.52. The number of nitrogens with zero attached hydrogens (tertiary/aromatic N) is 2. The number of carbonyl (C=O) groups is 4. The van der Waals surface area contributed by atoms with Crippen LogP contribution in [0.1, 0.15) is 45.9 Å². The second-order valence-electron chi connectivity index (χ2n) is 10.3. The molecule has 0 bridgehead atoms. The van der Waals surface area contributed by atoms with Gasteiger partial charge in [-0.15, -0.1) is 0 Å². The van der Waals surface area contributed by atoms with Crippen molar-refractivity contribution in [2.45, 2.75) is 38.0 Å². The van der Waals surface area contributed by atoms with Crippen LogP contribution in [0.15, 0.2) is 24.3 Å². The predicted molar refractivity (Wildman–Crippen MR) is 152 cm³/mol. The van der Waals surface area contributed by atoms with E-state index in [1.165, 1.54) is 4.90 Å². The highest BCUT2D eigenvalue weighted by Crippen LogP contribution is 2.35. The maximum Gasteiger partial charge on any atom is 0.255 e. The van der Waals surface area contributed by atoms with Gasteiger partial charge >= 0.3 is 0 Å². The zero-order chi connectivity index (χ0) is 27.1. The predicted octanol–water partition coefficient (Wildman–Crippen LogP) is -4.71. The number of morpholine rings is 1. The summed E-state index contributed by atoms with van der Waals surface area (Å²) in [6.07, 6.45) is 0.529. The molecule has 9 nitrogen and oxygen atoms in total. The summed E-state index contributed by atoms with van der Waals surface area (Å²) in [5.74, 6) is -0.350. The first-order valence-corrected chi connectivity index (χ1v) is 13.0. The molecule has 3 aliphatic heterocycles. The first-order valence-electron chi connectivity index (χ1n) is 13.0. The molecule has 4 amide bonds. The number of fused-ring (bicyclic) bond motifs is 1. The van der Waals surface area contributed by atoms with Crippen LogP contribution in [0, 0.1) is 0 Å². The average Bonchev–Trinajstić information content (AvgIpc) is 3.21. The number of piperidine rings is 1. The monoisotopic (exact) mass is 511 g/mol. The Bertz CT molecular complexity index is 1350. The van der Waals surface area contributed by atoms with Gasteiger partial charge in [-0.25, -0.2) is 0 Å². The van der Waals surface area contributed by atoms with Crippen molar-refractivity contribution in [2.24, 2.45) is 0 Å². The minimum atomic E-state index is -0.670. The first kappa shape index (κ1) is 26.2. The van der Waals surface area contributed by atoms with Crippen LogP contribution in [0.3, 0.4) is 0 Å². The van der Waals surface area contributed by atoms with Crippen molar-refractivity contribution < 1.29 is 28.7 Å². The summed E-state index contributed by atoms with van der Waals surface area (Å²) in [6, 6.07) is 6.56. The zero-order valence-electron chi connectivity index (χ0n) is 22.3. The van der Waals surface area contributed by atoms with Crippen molar-refractivity contribution in [1.82, 2.24) is 15.1 Å². The molecule has 2 aromatic rings. The molecule has 0 aliphatic carbocycles. The topological polar surface area (TPSA) is 105 Å². The Morgan fingerprint density at radius 2 is 1.92 bits per heavy atom. The van der Waals surface area contributed by atoms with Gasteiger partial charge in [0.15, 0.2) is 7.85 Å². The Kier molecular flexibility index (Phi) is 7.13. The van der Waals surface area contributed by atoms with Crippen LogP contribution in [0.25, 0.3) is 0 Å². The van der Waals surface area contributed by atoms with Crippen LogP contribution in [0.5, 0.6) is 5.75 Å². The number of rotatable bonds is 6. The van der Waals surface area contributed by atoms with Gasteiger partial charge in [-0.05, 0) is 29.7 Å². The normalized spacial score (nSPS) is 20.4. The molecule has 2 unspecified atom stereocenters. The highest BCUT2D eigenvalue weighted by Gasteiger charge is 2.40. The van der Waals surface area contributed by atoms with Gasteiger partial charge in [-0.2, -0.15) is 0 Å². The van der Waals surface area contributed by atoms with E-state index in [0.29, 0.717) is 37.4 Å². The lowest BCUT2D eigenvalue weighted by Gasteiger charge is -2.30. The summed E-state index contributed by atoms with van der Waals surface area (Å²) in [5, 5.41) is 2.34. The Morgan fingerprint density at radius 3 is 2.66 bits per heavy atom. The molecule has 3 aliphatic rings. The minimum Gasteiger partial charge on any atom is -0.495 e. The summed E-state index contributed by atoms with van der Waals surface area (Å²) >= 11 is 0. The van der Waals surface area contributed by atoms with E-state index in [0.717, 1.165) is 33.1 Å². The molecule has 0 aromatic heterocycles. The Hall–Kier alpha value is -3.46. The fourth-order valence-corrected chi connectivity index (χ4v) is 5.82. The number of hydrogen-bond acceptors (Lipinski definition) is 6. The molecule has 0 spiro atoms. The lowest BCUT2D eigenvalue weighted by molar-refractivity contribution is -0.143. The largest absolute Gasteiger partial charge is 0.495 e. The van der Waals surface area contributed by atoms with Crippen molar-refractivity contribution in [3.05, 3.63) is 46.5 Å². The van der Waals surface area contributed by atoms with Gasteiger partial charge in [0.1, 0.15) is 41.9 Å². The van der Waals surface area contributed by atoms with E-state index in [2.05, 4.69) is 34.9 Å². The SMILES string of the molecule is Bc1cc(CN2CCOCC2=O)c(B)c(B)c1C(B)Oc1cccc2c1CN(C1CCC(=O)NC1=O)C2=O. The number of nitrogens with one attached hydrogen (secondary N) is 1. The van der Waals surface area contributed by atoms with Crippen LogP contribution < -0.4 is 26.4 Å². The Balaban J connectivity index is 1.37. The van der Waals surface area contributed by atoms with E-state index in [9.17, 15) is 19.2 Å². The molecule has 0 saturated carbocycles. The van der Waals surface area contributed by atoms with Gasteiger partial charge in [-0.1, -0.05) is 28.5 Å². The van der Waals surface area contributed by atoms with E-state index in [1.54, 1.807) is 12.1 Å². The Morgan fingerprint density at radius 1 is 1.13 bits per heavy atom. The lowest BCUT2D eigenvalue weighted by atomic mass is 9.67. The van der Waals surface area contributed by atoms with Gasteiger partial charge in [0.2, 0.25) is 17.7 Å². The maximum atomic E-state index is 13.2. The summed E-state index contributed by atoms with van der Waals surface area (Å²) in [5.41, 5.74) is 6.77. The molecule has 13 heteroatoms. The second-order valence-corrected chi connectivity index (χ2v) is 10.3. The van der Waals surface area contributed by atoms with Crippen molar-refractivity contribution in [2.75, 3.05) is 19.8 Å². The van der Waals surface area contributed by atoms with E-state index in [-0.39, 0.29) is 43.3 Å². The molecule has 38 heavy (non-hydrogen) atoms. The maximum absolute atomic E-state index is 13.2. The quantitative estimate of drug-likeness (QED) is 0.309. The van der Waals surface area contributed by atoms with E-state index in [4.69, 9.17) is 9.47 Å². The van der Waals surface area contributed by atoms with Crippen molar-refractivity contribution >= 4 is 71.4 Å². The molecule has 0 radical (unpaired) electrons. The summed E-state index contributed by atoms with van der Waals surface area (Å²) in [6.45, 7) is 2.08. The number of hydrogen-bond donors (Lipinski definition) is 1. The van der Waals surface area contributed by atoms with Gasteiger partial charge in [0, 0.05) is 30.6 Å². The molecular weight excluding hydrogens is 482 g/mol. The number of amides is 4. The van der Waals surface area contributed by atoms with Crippen molar-refractivity contribution in [1.29, 1.82) is 0 Å². The molecule has 2 fully saturated rings. The van der Waals surface area contributed by atoms with E-state index >= 15 is 0 Å². The number of carbonyl (C=O) groups excluding carboxylic acids is 4. The van der Waals surface area contributed by atoms with Crippen LogP contribution in [-0.4, -0.2) is 90.6 Å². The summed E-state index contributed by atoms with van der Waals surface area (Å²) in [7, 11) is 8.19. The van der Waals surface area contributed by atoms with E-state index < -0.39 is 11.9 Å². The molecule has 2 saturated heterocycles.